The zero-order valence-electron chi connectivity index (χ0n) is 18.7. The molecule has 172 valence electrons. The van der Waals surface area contributed by atoms with E-state index in [2.05, 4.69) is 28.3 Å². The number of hydrogen-bond acceptors (Lipinski definition) is 7. The largest absolute Gasteiger partial charge is 0.316 e. The minimum absolute atomic E-state index is 0.0915. The highest BCUT2D eigenvalue weighted by molar-refractivity contribution is 7.99. The van der Waals surface area contributed by atoms with Gasteiger partial charge in [-0.25, -0.2) is 4.98 Å². The van der Waals surface area contributed by atoms with Crippen LogP contribution in [0.4, 0.5) is 5.00 Å². The Hall–Kier alpha value is -2.93. The second kappa shape index (κ2) is 9.37. The molecule has 4 aromatic rings. The maximum atomic E-state index is 12.9. The van der Waals surface area contributed by atoms with Crippen LogP contribution in [0.15, 0.2) is 40.3 Å². The number of thiophene rings is 2. The summed E-state index contributed by atoms with van der Waals surface area (Å²) in [5.41, 5.74) is 3.37. The maximum absolute atomic E-state index is 12.9. The van der Waals surface area contributed by atoms with Gasteiger partial charge in [-0.3, -0.25) is 9.59 Å². The van der Waals surface area contributed by atoms with Crippen molar-refractivity contribution in [3.63, 3.8) is 0 Å². The van der Waals surface area contributed by atoms with Crippen LogP contribution < -0.4 is 10.9 Å². The number of anilines is 1. The number of aromatic nitrogens is 2. The summed E-state index contributed by atoms with van der Waals surface area (Å²) in [6, 6.07) is 12.1. The first-order chi connectivity index (χ1) is 16.4. The Morgan fingerprint density at radius 2 is 2.12 bits per heavy atom. The van der Waals surface area contributed by atoms with E-state index in [0.29, 0.717) is 31.9 Å². The topological polar surface area (TPSA) is 98.6 Å². The lowest BCUT2D eigenvalue weighted by atomic mass is 9.89. The number of nitriles is 1. The van der Waals surface area contributed by atoms with Crippen LogP contribution in [-0.2, 0) is 17.6 Å². The van der Waals surface area contributed by atoms with Crippen LogP contribution in [-0.4, -0.2) is 21.6 Å². The van der Waals surface area contributed by atoms with Gasteiger partial charge in [-0.05, 0) is 43.2 Å². The summed E-state index contributed by atoms with van der Waals surface area (Å²) in [6.45, 7) is 4.20. The van der Waals surface area contributed by atoms with Gasteiger partial charge in [0.1, 0.15) is 15.9 Å². The number of aromatic amines is 1. The summed E-state index contributed by atoms with van der Waals surface area (Å²) in [5.74, 6) is 0.468. The van der Waals surface area contributed by atoms with Crippen molar-refractivity contribution in [2.24, 2.45) is 5.92 Å². The zero-order valence-corrected chi connectivity index (χ0v) is 21.2. The van der Waals surface area contributed by atoms with E-state index in [4.69, 9.17) is 0 Å². The Morgan fingerprint density at radius 3 is 2.88 bits per heavy atom. The third-order valence-corrected chi connectivity index (χ3v) is 9.04. The Kier molecular flexibility index (Phi) is 6.30. The molecule has 5 rings (SSSR count). The quantitative estimate of drug-likeness (QED) is 0.265. The predicted molar refractivity (Wildman–Crippen MR) is 140 cm³/mol. The first-order valence-electron chi connectivity index (χ1n) is 11.0. The molecule has 0 saturated heterocycles. The van der Waals surface area contributed by atoms with Crippen LogP contribution in [0.1, 0.15) is 34.2 Å². The molecule has 0 aliphatic heterocycles. The van der Waals surface area contributed by atoms with Gasteiger partial charge in [-0.15, -0.1) is 22.7 Å². The van der Waals surface area contributed by atoms with Gasteiger partial charge in [-0.2, -0.15) is 5.26 Å². The number of amides is 1. The summed E-state index contributed by atoms with van der Waals surface area (Å²) < 4.78 is 0. The molecule has 1 unspecified atom stereocenters. The summed E-state index contributed by atoms with van der Waals surface area (Å²) in [7, 11) is 0. The van der Waals surface area contributed by atoms with Crippen LogP contribution in [0.5, 0.6) is 0 Å². The van der Waals surface area contributed by atoms with E-state index in [1.165, 1.54) is 39.3 Å². The minimum Gasteiger partial charge on any atom is -0.316 e. The smallest absolute Gasteiger partial charge is 0.260 e. The fraction of sp³-hybridized carbons (Fsp3) is 0.280. The SMILES string of the molecule is Cc1sc2nc(SCC(=O)Nc3sc4c(c3C#N)CCC(C)C4)[nH]c(=O)c2c1-c1ccccc1. The highest BCUT2D eigenvalue weighted by Gasteiger charge is 2.25. The van der Waals surface area contributed by atoms with E-state index in [-0.39, 0.29) is 17.2 Å². The average Bonchev–Trinajstić information content (AvgIpc) is 3.33. The molecule has 1 aliphatic carbocycles. The Bertz CT molecular complexity index is 1490. The second-order valence-corrected chi connectivity index (χ2v) is 11.7. The molecule has 1 amide bonds. The lowest BCUT2D eigenvalue weighted by Crippen LogP contribution is -2.15. The minimum atomic E-state index is -0.219. The molecular weight excluding hydrogens is 485 g/mol. The lowest BCUT2D eigenvalue weighted by molar-refractivity contribution is -0.113. The van der Waals surface area contributed by atoms with E-state index >= 15 is 0 Å². The number of benzene rings is 1. The summed E-state index contributed by atoms with van der Waals surface area (Å²) in [5, 5.41) is 14.2. The number of rotatable bonds is 5. The monoisotopic (exact) mass is 506 g/mol. The van der Waals surface area contributed by atoms with Gasteiger partial charge in [-0.1, -0.05) is 49.0 Å². The van der Waals surface area contributed by atoms with Gasteiger partial charge in [0.25, 0.3) is 5.56 Å². The fourth-order valence-corrected chi connectivity index (χ4v) is 7.52. The van der Waals surface area contributed by atoms with Crippen molar-refractivity contribution in [2.45, 2.75) is 38.3 Å². The first kappa shape index (κ1) is 22.8. The van der Waals surface area contributed by atoms with Gasteiger partial charge in [0, 0.05) is 15.3 Å². The number of nitrogens with zero attached hydrogens (tertiary/aromatic N) is 2. The fourth-order valence-electron chi connectivity index (χ4n) is 4.37. The first-order valence-corrected chi connectivity index (χ1v) is 13.6. The van der Waals surface area contributed by atoms with Gasteiger partial charge in [0.15, 0.2) is 5.16 Å². The van der Waals surface area contributed by atoms with Crippen molar-refractivity contribution >= 4 is 55.6 Å². The molecule has 1 atom stereocenters. The van der Waals surface area contributed by atoms with Crippen molar-refractivity contribution in [1.82, 2.24) is 9.97 Å². The number of fused-ring (bicyclic) bond motifs is 2. The van der Waals surface area contributed by atoms with Crippen LogP contribution in [0.3, 0.4) is 0 Å². The molecule has 0 radical (unpaired) electrons. The molecule has 3 aromatic heterocycles. The molecule has 3 heterocycles. The molecule has 6 nitrogen and oxygen atoms in total. The predicted octanol–water partition coefficient (Wildman–Crippen LogP) is 5.75. The van der Waals surface area contributed by atoms with Crippen LogP contribution in [0.2, 0.25) is 0 Å². The molecule has 0 spiro atoms. The summed E-state index contributed by atoms with van der Waals surface area (Å²) in [4.78, 5) is 35.9. The average molecular weight is 507 g/mol. The van der Waals surface area contributed by atoms with Crippen molar-refractivity contribution in [1.29, 1.82) is 5.26 Å². The van der Waals surface area contributed by atoms with Crippen molar-refractivity contribution in [3.05, 3.63) is 61.6 Å². The van der Waals surface area contributed by atoms with Crippen LogP contribution in [0.25, 0.3) is 21.3 Å². The molecule has 0 saturated carbocycles. The molecule has 34 heavy (non-hydrogen) atoms. The van der Waals surface area contributed by atoms with Crippen molar-refractivity contribution in [2.75, 3.05) is 11.1 Å². The third-order valence-electron chi connectivity index (χ3n) is 6.00. The van der Waals surface area contributed by atoms with Gasteiger partial charge < -0.3 is 10.3 Å². The second-order valence-electron chi connectivity index (χ2n) is 8.46. The van der Waals surface area contributed by atoms with Gasteiger partial charge in [0.2, 0.25) is 5.91 Å². The highest BCUT2D eigenvalue weighted by Crippen LogP contribution is 2.39. The highest BCUT2D eigenvalue weighted by atomic mass is 32.2. The van der Waals surface area contributed by atoms with Crippen molar-refractivity contribution < 1.29 is 4.79 Å². The lowest BCUT2D eigenvalue weighted by Gasteiger charge is -2.17. The molecular formula is C25H22N4O2S3. The molecule has 0 bridgehead atoms. The summed E-state index contributed by atoms with van der Waals surface area (Å²) >= 11 is 4.18. The Labute approximate surface area is 209 Å². The van der Waals surface area contributed by atoms with Gasteiger partial charge in [0.05, 0.1) is 16.7 Å². The molecule has 2 N–H and O–H groups in total. The normalized spacial score (nSPS) is 15.1. The van der Waals surface area contributed by atoms with E-state index in [1.807, 2.05) is 37.3 Å². The van der Waals surface area contributed by atoms with E-state index < -0.39 is 0 Å². The molecule has 9 heteroatoms. The number of nitrogens with one attached hydrogen (secondary N) is 2. The molecule has 1 aliphatic rings. The zero-order chi connectivity index (χ0) is 23.8. The van der Waals surface area contributed by atoms with Gasteiger partial charge >= 0.3 is 0 Å². The van der Waals surface area contributed by atoms with Crippen LogP contribution >= 0.6 is 34.4 Å². The van der Waals surface area contributed by atoms with Crippen LogP contribution in [0, 0.1) is 24.2 Å². The Morgan fingerprint density at radius 1 is 1.32 bits per heavy atom. The van der Waals surface area contributed by atoms with E-state index in [1.54, 1.807) is 0 Å². The number of thioether (sulfide) groups is 1. The number of carbonyl (C=O) groups excluding carboxylic acids is 1. The Balaban J connectivity index is 1.34. The molecule has 1 aromatic carbocycles. The maximum Gasteiger partial charge on any atom is 0.260 e. The number of aryl methyl sites for hydroxylation is 1. The summed E-state index contributed by atoms with van der Waals surface area (Å²) in [6.07, 6.45) is 2.91. The van der Waals surface area contributed by atoms with E-state index in [0.717, 1.165) is 40.8 Å². The standard InChI is InChI=1S/C25H22N4O2S3/c1-13-8-9-16-17(11-26)23(34-18(16)10-13)27-19(30)12-32-25-28-22(31)21-20(14(2)33-24(21)29-25)15-6-4-3-5-7-15/h3-7,13H,8-10,12H2,1-2H3,(H,27,30)(H,28,29,31). The van der Waals surface area contributed by atoms with E-state index in [9.17, 15) is 14.9 Å². The number of H-pyrrole nitrogens is 1. The van der Waals surface area contributed by atoms with Crippen molar-refractivity contribution in [3.8, 4) is 17.2 Å². The number of hydrogen-bond donors (Lipinski definition) is 2. The number of carbonyl (C=O) groups is 1. The third kappa shape index (κ3) is 4.29. The molecule has 0 fully saturated rings.